The zero-order valence-corrected chi connectivity index (χ0v) is 12.7. The van der Waals surface area contributed by atoms with Crippen LogP contribution in [0.15, 0.2) is 34.5 Å². The maximum Gasteiger partial charge on any atom is 0.242 e. The third kappa shape index (κ3) is 3.36. The van der Waals surface area contributed by atoms with Gasteiger partial charge in [0.05, 0.1) is 9.92 Å². The monoisotopic (exact) mass is 334 g/mol. The Hall–Kier alpha value is -0.990. The van der Waals surface area contributed by atoms with Crippen LogP contribution in [0.1, 0.15) is 10.4 Å². The van der Waals surface area contributed by atoms with Crippen LogP contribution in [-0.4, -0.2) is 8.42 Å². The highest BCUT2D eigenvalue weighted by atomic mass is 35.5. The molecule has 0 bridgehead atoms. The van der Waals surface area contributed by atoms with Crippen LogP contribution in [0.4, 0.5) is 4.39 Å². The smallest absolute Gasteiger partial charge is 0.242 e. The van der Waals surface area contributed by atoms with Crippen LogP contribution >= 0.6 is 22.9 Å². The van der Waals surface area contributed by atoms with Gasteiger partial charge >= 0.3 is 0 Å². The molecule has 20 heavy (non-hydrogen) atoms. The molecule has 0 aliphatic rings. The van der Waals surface area contributed by atoms with Gasteiger partial charge in [-0.25, -0.2) is 17.5 Å². The fourth-order valence-electron chi connectivity index (χ4n) is 1.62. The number of rotatable bonds is 5. The van der Waals surface area contributed by atoms with Gasteiger partial charge in [-0.3, -0.25) is 0 Å². The van der Waals surface area contributed by atoms with E-state index in [0.29, 0.717) is 10.4 Å². The van der Waals surface area contributed by atoms with Crippen molar-refractivity contribution in [3.8, 4) is 0 Å². The van der Waals surface area contributed by atoms with Gasteiger partial charge < -0.3 is 5.73 Å². The molecule has 0 amide bonds. The first-order valence-electron chi connectivity index (χ1n) is 5.64. The van der Waals surface area contributed by atoms with Crippen molar-refractivity contribution in [3.63, 3.8) is 0 Å². The molecule has 0 radical (unpaired) electrons. The van der Waals surface area contributed by atoms with E-state index in [0.717, 1.165) is 0 Å². The number of halogens is 2. The number of nitrogens with one attached hydrogen (secondary N) is 1. The van der Waals surface area contributed by atoms with Crippen LogP contribution in [0.2, 0.25) is 5.02 Å². The van der Waals surface area contributed by atoms with E-state index in [1.165, 1.54) is 35.6 Å². The first kappa shape index (κ1) is 15.4. The molecule has 1 aromatic heterocycles. The minimum Gasteiger partial charge on any atom is -0.326 e. The third-order valence-electron chi connectivity index (χ3n) is 2.63. The maximum atomic E-state index is 13.0. The second-order valence-electron chi connectivity index (χ2n) is 3.99. The van der Waals surface area contributed by atoms with Crippen LogP contribution in [0.3, 0.4) is 0 Å². The van der Waals surface area contributed by atoms with Crippen molar-refractivity contribution < 1.29 is 12.8 Å². The number of nitrogens with two attached hydrogens (primary N) is 1. The Kier molecular flexibility index (Phi) is 4.77. The standard InChI is InChI=1S/C12H12ClFN2O2S2/c13-9-5-8(1-2-10(9)14)7-16-20(17,18)12-3-4-19-11(12)6-15/h1-5,16H,6-7,15H2. The van der Waals surface area contributed by atoms with Crippen molar-refractivity contribution >= 4 is 33.0 Å². The van der Waals surface area contributed by atoms with E-state index in [1.54, 1.807) is 5.38 Å². The van der Waals surface area contributed by atoms with Gasteiger partial charge in [-0.1, -0.05) is 17.7 Å². The Balaban J connectivity index is 2.15. The molecular formula is C12H12ClFN2O2S2. The molecule has 2 aromatic rings. The second kappa shape index (κ2) is 6.19. The molecule has 0 saturated heterocycles. The molecule has 0 aliphatic heterocycles. The van der Waals surface area contributed by atoms with Crippen LogP contribution in [0.5, 0.6) is 0 Å². The summed E-state index contributed by atoms with van der Waals surface area (Å²) in [6, 6.07) is 5.56. The lowest BCUT2D eigenvalue weighted by Gasteiger charge is -2.07. The highest BCUT2D eigenvalue weighted by Crippen LogP contribution is 2.22. The summed E-state index contributed by atoms with van der Waals surface area (Å²) in [6.45, 7) is 0.193. The molecule has 1 aromatic carbocycles. The number of hydrogen-bond donors (Lipinski definition) is 2. The lowest BCUT2D eigenvalue weighted by molar-refractivity contribution is 0.580. The minimum absolute atomic E-state index is 0.0300. The number of sulfonamides is 1. The van der Waals surface area contributed by atoms with Crippen molar-refractivity contribution in [2.75, 3.05) is 0 Å². The van der Waals surface area contributed by atoms with E-state index in [1.807, 2.05) is 0 Å². The third-order valence-corrected chi connectivity index (χ3v) is 5.48. The van der Waals surface area contributed by atoms with E-state index >= 15 is 0 Å². The SMILES string of the molecule is NCc1sccc1S(=O)(=O)NCc1ccc(F)c(Cl)c1. The van der Waals surface area contributed by atoms with Gasteiger partial charge in [-0.05, 0) is 29.1 Å². The molecule has 0 saturated carbocycles. The van der Waals surface area contributed by atoms with Crippen molar-refractivity contribution in [2.45, 2.75) is 18.0 Å². The summed E-state index contributed by atoms with van der Waals surface area (Å²) in [5.41, 5.74) is 6.07. The minimum atomic E-state index is -3.64. The lowest BCUT2D eigenvalue weighted by Crippen LogP contribution is -2.24. The van der Waals surface area contributed by atoms with E-state index in [-0.39, 0.29) is 23.0 Å². The Labute approximate surface area is 125 Å². The zero-order valence-electron chi connectivity index (χ0n) is 10.3. The van der Waals surface area contributed by atoms with Crippen molar-refractivity contribution in [1.82, 2.24) is 4.72 Å². The predicted octanol–water partition coefficient (Wildman–Crippen LogP) is 2.48. The molecule has 0 atom stereocenters. The van der Waals surface area contributed by atoms with Gasteiger partial charge in [0.2, 0.25) is 10.0 Å². The van der Waals surface area contributed by atoms with Gasteiger partial charge in [0.15, 0.2) is 0 Å². The molecule has 0 fully saturated rings. The molecule has 108 valence electrons. The summed E-state index contributed by atoms with van der Waals surface area (Å²) < 4.78 is 39.7. The van der Waals surface area contributed by atoms with Crippen molar-refractivity contribution in [2.24, 2.45) is 5.73 Å². The average molecular weight is 335 g/mol. The molecule has 3 N–H and O–H groups in total. The number of hydrogen-bond acceptors (Lipinski definition) is 4. The normalized spacial score (nSPS) is 11.8. The van der Waals surface area contributed by atoms with Crippen molar-refractivity contribution in [3.05, 3.63) is 50.9 Å². The Morgan fingerprint density at radius 1 is 1.35 bits per heavy atom. The van der Waals surface area contributed by atoms with Crippen LogP contribution in [0, 0.1) is 5.82 Å². The molecule has 8 heteroatoms. The van der Waals surface area contributed by atoms with Gasteiger partial charge in [0, 0.05) is 18.0 Å². The quantitative estimate of drug-likeness (QED) is 0.882. The fraction of sp³-hybridized carbons (Fsp3) is 0.167. The molecule has 0 unspecified atom stereocenters. The molecule has 1 heterocycles. The first-order valence-corrected chi connectivity index (χ1v) is 8.38. The summed E-state index contributed by atoms with van der Waals surface area (Å²) in [7, 11) is -3.64. The summed E-state index contributed by atoms with van der Waals surface area (Å²) in [6.07, 6.45) is 0. The highest BCUT2D eigenvalue weighted by molar-refractivity contribution is 7.89. The second-order valence-corrected chi connectivity index (χ2v) is 7.13. The van der Waals surface area contributed by atoms with Gasteiger partial charge in [-0.2, -0.15) is 0 Å². The average Bonchev–Trinajstić information content (AvgIpc) is 2.89. The van der Waals surface area contributed by atoms with E-state index in [2.05, 4.69) is 4.72 Å². The van der Waals surface area contributed by atoms with Gasteiger partial charge in [-0.15, -0.1) is 11.3 Å². The number of benzene rings is 1. The Bertz CT molecular complexity index is 716. The van der Waals surface area contributed by atoms with E-state index < -0.39 is 15.8 Å². The largest absolute Gasteiger partial charge is 0.326 e. The first-order chi connectivity index (χ1) is 9.44. The number of thiophene rings is 1. The van der Waals surface area contributed by atoms with Crippen LogP contribution < -0.4 is 10.5 Å². The van der Waals surface area contributed by atoms with Crippen LogP contribution in [0.25, 0.3) is 0 Å². The summed E-state index contributed by atoms with van der Waals surface area (Å²) in [5.74, 6) is -0.540. The molecule has 0 aliphatic carbocycles. The van der Waals surface area contributed by atoms with Crippen LogP contribution in [-0.2, 0) is 23.1 Å². The molecular weight excluding hydrogens is 323 g/mol. The summed E-state index contributed by atoms with van der Waals surface area (Å²) >= 11 is 6.93. The van der Waals surface area contributed by atoms with E-state index in [4.69, 9.17) is 17.3 Å². The highest BCUT2D eigenvalue weighted by Gasteiger charge is 2.18. The summed E-state index contributed by atoms with van der Waals surface area (Å²) in [5, 5.41) is 1.63. The molecule has 4 nitrogen and oxygen atoms in total. The van der Waals surface area contributed by atoms with Gasteiger partial charge in [0.25, 0.3) is 0 Å². The Morgan fingerprint density at radius 2 is 2.10 bits per heavy atom. The fourth-order valence-corrected chi connectivity index (χ4v) is 4.18. The zero-order chi connectivity index (χ0) is 14.8. The Morgan fingerprint density at radius 3 is 2.75 bits per heavy atom. The van der Waals surface area contributed by atoms with E-state index in [9.17, 15) is 12.8 Å². The lowest BCUT2D eigenvalue weighted by atomic mass is 10.2. The van der Waals surface area contributed by atoms with Gasteiger partial charge in [0.1, 0.15) is 5.82 Å². The molecule has 0 spiro atoms. The predicted molar refractivity (Wildman–Crippen MR) is 77.6 cm³/mol. The summed E-state index contributed by atoms with van der Waals surface area (Å²) in [4.78, 5) is 0.771. The maximum absolute atomic E-state index is 13.0. The molecule has 2 rings (SSSR count). The van der Waals surface area contributed by atoms with Crippen molar-refractivity contribution in [1.29, 1.82) is 0 Å². The topological polar surface area (TPSA) is 72.2 Å².